The normalized spacial score (nSPS) is 17.8. The van der Waals surface area contributed by atoms with Crippen molar-refractivity contribution in [3.63, 3.8) is 0 Å². The summed E-state index contributed by atoms with van der Waals surface area (Å²) in [5, 5.41) is 0.727. The molecule has 4 heterocycles. The Morgan fingerprint density at radius 1 is 0.571 bits per heavy atom. The molecule has 0 aliphatic heterocycles. The summed E-state index contributed by atoms with van der Waals surface area (Å²) in [7, 11) is 0. The Hall–Kier alpha value is -6.85. The number of fused-ring (bicyclic) bond motifs is 3. The van der Waals surface area contributed by atoms with E-state index in [4.69, 9.17) is 14.0 Å². The Morgan fingerprint density at radius 2 is 1.11 bits per heavy atom. The van der Waals surface area contributed by atoms with Gasteiger partial charge in [0.05, 0.1) is 12.5 Å². The molecule has 0 N–H and O–H groups in total. The van der Waals surface area contributed by atoms with E-state index in [1.54, 1.807) is 72.8 Å². The Bertz CT molecular complexity index is 4250. The summed E-state index contributed by atoms with van der Waals surface area (Å²) in [5.74, 6) is -0.860. The maximum absolute atomic E-state index is 16.0. The van der Waals surface area contributed by atoms with Gasteiger partial charge in [-0.1, -0.05) is 110 Å². The van der Waals surface area contributed by atoms with Crippen molar-refractivity contribution >= 4 is 21.9 Å². The smallest absolute Gasteiger partial charge is 0.500 e. The molecule has 0 atom stereocenters. The molecule has 0 radical (unpaired) electrons. The van der Waals surface area contributed by atoms with Crippen molar-refractivity contribution in [1.82, 2.24) is 15.0 Å². The fraction of sp³-hybridized carbons (Fsp3) is 0.203. The molecule has 10 aromatic rings. The van der Waals surface area contributed by atoms with Crippen LogP contribution < -0.4 is 0 Å². The van der Waals surface area contributed by atoms with Gasteiger partial charge in [-0.05, 0) is 137 Å². The topological polar surface area (TPSA) is 51.8 Å². The average molecular weight is 1110 g/mol. The van der Waals surface area contributed by atoms with E-state index in [1.165, 1.54) is 51.1 Å². The molecule has 4 nitrogen and oxygen atoms in total. The van der Waals surface area contributed by atoms with E-state index >= 15 is 4.39 Å². The van der Waals surface area contributed by atoms with Crippen LogP contribution in [-0.2, 0) is 64.7 Å². The maximum Gasteiger partial charge on any atom is 3.00 e. The first-order valence-corrected chi connectivity index (χ1v) is 21.9. The Morgan fingerprint density at radius 3 is 1.67 bits per heavy atom. The number of nitrogens with zero attached hydrogens (tertiary/aromatic N) is 3. The van der Waals surface area contributed by atoms with E-state index in [0.717, 1.165) is 30.7 Å². The van der Waals surface area contributed by atoms with Gasteiger partial charge >= 0.3 is 20.1 Å². The number of pyridine rings is 3. The number of aryl methyl sites for hydroxylation is 8. The van der Waals surface area contributed by atoms with E-state index in [9.17, 15) is 19.2 Å². The van der Waals surface area contributed by atoms with Crippen LogP contribution in [0.25, 0.3) is 66.8 Å². The van der Waals surface area contributed by atoms with Gasteiger partial charge in [-0.15, -0.1) is 90.0 Å². The van der Waals surface area contributed by atoms with Gasteiger partial charge in [0, 0.05) is 51.4 Å². The van der Waals surface area contributed by atoms with E-state index in [1.807, 2.05) is 0 Å². The molecule has 0 aliphatic carbocycles. The van der Waals surface area contributed by atoms with Crippen molar-refractivity contribution in [3.05, 3.63) is 232 Å². The number of halogens is 1. The molecule has 6 aromatic carbocycles. The predicted molar refractivity (Wildman–Crippen MR) is 279 cm³/mol. The summed E-state index contributed by atoms with van der Waals surface area (Å²) >= 11 is 0. The zero-order chi connectivity index (χ0) is 65.9. The molecule has 0 bridgehead atoms. The van der Waals surface area contributed by atoms with Crippen molar-refractivity contribution in [2.24, 2.45) is 5.41 Å². The number of hydrogen-bond acceptors (Lipinski definition) is 4. The molecule has 0 fully saturated rings. The maximum atomic E-state index is 16.0. The van der Waals surface area contributed by atoms with E-state index in [2.05, 4.69) is 33.2 Å². The molecule has 70 heavy (non-hydrogen) atoms. The molecule has 4 aromatic heterocycles. The summed E-state index contributed by atoms with van der Waals surface area (Å²) < 4.78 is 218. The van der Waals surface area contributed by atoms with Gasteiger partial charge in [0.25, 0.3) is 0 Å². The minimum atomic E-state index is -3.62. The molecular weight excluding hydrogens is 1040 g/mol. The standard InChI is InChI=1S/C64H55FN3O.Ir/c1-42-32-58(47-16-9-6-10-17-47)66-39-50(42)27-24-44-34-45(25-28-51-40-67-59(33-43(51)2)48-18-11-7-12-19-48)36-46(35-44)26-29-52-41-68-60(37-53(52)38-64(3,4)5)56-23-15-22-54-55-30-31-57(65)61(63(55)69-62(54)56)49-20-13-8-14-21-49;/h6-16,18,20-22,30-37,39-41H,24-29,38H2,1-5H3;/q-3;+3/i1D3,2D3,24D2,25D2,26D2,27D2,28D2,29D2,31D,38D2;. The van der Waals surface area contributed by atoms with Crippen molar-refractivity contribution in [2.45, 2.75) is 79.1 Å². The number of aromatic nitrogens is 3. The Kier molecular flexibility index (Phi) is 8.63. The summed E-state index contributed by atoms with van der Waals surface area (Å²) in [5.41, 5.74) is -7.36. The van der Waals surface area contributed by atoms with E-state index < -0.39 is 126 Å². The largest absolute Gasteiger partial charge is 3.00 e. The van der Waals surface area contributed by atoms with Crippen LogP contribution >= 0.6 is 0 Å². The van der Waals surface area contributed by atoms with Crippen molar-refractivity contribution in [3.8, 4) is 44.9 Å². The minimum absolute atomic E-state index is 0. The summed E-state index contributed by atoms with van der Waals surface area (Å²) in [6.07, 6.45) is -21.5. The van der Waals surface area contributed by atoms with Gasteiger partial charge in [0.2, 0.25) is 0 Å². The molecule has 0 aliphatic rings. The van der Waals surface area contributed by atoms with Crippen LogP contribution in [0, 0.1) is 43.1 Å². The summed E-state index contributed by atoms with van der Waals surface area (Å²) in [6.45, 7) is -1.76. The number of benzene rings is 6. The van der Waals surface area contributed by atoms with Gasteiger partial charge in [-0.2, -0.15) is 0 Å². The summed E-state index contributed by atoms with van der Waals surface area (Å²) in [4.78, 5) is 13.1. The number of hydrogen-bond donors (Lipinski definition) is 0. The number of rotatable bonds is 14. The van der Waals surface area contributed by atoms with Crippen LogP contribution in [0.5, 0.6) is 0 Å². The second-order valence-electron chi connectivity index (χ2n) is 17.1. The number of furan rings is 1. The Labute approximate surface area is 455 Å². The van der Waals surface area contributed by atoms with Crippen LogP contribution in [0.4, 0.5) is 4.39 Å². The summed E-state index contributed by atoms with van der Waals surface area (Å²) in [6, 6.07) is 39.3. The monoisotopic (exact) mass is 1110 g/mol. The molecule has 0 amide bonds. The van der Waals surface area contributed by atoms with Crippen LogP contribution in [-0.4, -0.2) is 15.0 Å². The molecule has 0 unspecified atom stereocenters. The van der Waals surface area contributed by atoms with Crippen molar-refractivity contribution in [1.29, 1.82) is 0 Å². The van der Waals surface area contributed by atoms with E-state index in [-0.39, 0.29) is 59.5 Å². The molecule has 348 valence electrons. The first kappa shape index (κ1) is 28.7. The second kappa shape index (κ2) is 21.0. The van der Waals surface area contributed by atoms with Crippen LogP contribution in [0.15, 0.2) is 163 Å². The van der Waals surface area contributed by atoms with E-state index in [0.29, 0.717) is 45.7 Å². The van der Waals surface area contributed by atoms with Gasteiger partial charge < -0.3 is 19.4 Å². The molecule has 0 saturated carbocycles. The van der Waals surface area contributed by atoms with Gasteiger partial charge in [0.15, 0.2) is 0 Å². The molecule has 0 saturated heterocycles. The quantitative estimate of drug-likeness (QED) is 0.102. The fourth-order valence-corrected chi connectivity index (χ4v) is 7.74. The average Bonchev–Trinajstić information content (AvgIpc) is 1.55. The second-order valence-corrected chi connectivity index (χ2v) is 17.1. The molecular formula is C64H55FIrN3O. The fourth-order valence-electron chi connectivity index (χ4n) is 7.74. The molecule has 0 spiro atoms. The SMILES string of the molecule is [2H]c1cc2c(oc3c(-c4cc(C([2H])([2H])C(C)(C)C)c(C([2H])([2H])C([2H])([2H])c5cc(C([2H])([2H])C([2H])([2H])c6cnc(-c7[c-]cccc7)cc6C([2H])([2H])[2H])cc(C([2H])([2H])C([2H])([2H])c6cnc(-c7[c-]cccc7)cc6C([2H])([2H])[2H])c5)cn4)[c-]ccc32)c(-c2ccccc2)c1F.[Ir+3]. The first-order chi connectivity index (χ1) is 41.7. The zero-order valence-corrected chi connectivity index (χ0v) is 40.3. The van der Waals surface area contributed by atoms with Crippen molar-refractivity contribution in [2.75, 3.05) is 0 Å². The van der Waals surface area contributed by atoms with Gasteiger partial charge in [-0.25, -0.2) is 4.39 Å². The molecule has 10 rings (SSSR count). The first-order valence-electron chi connectivity index (χ1n) is 32.4. The third-order valence-corrected chi connectivity index (χ3v) is 10.9. The van der Waals surface area contributed by atoms with Crippen molar-refractivity contribution < 1.29 is 57.7 Å². The Balaban J connectivity index is 0.00000980. The van der Waals surface area contributed by atoms with Gasteiger partial charge in [-0.3, -0.25) is 0 Å². The minimum Gasteiger partial charge on any atom is -0.500 e. The molecule has 6 heteroatoms. The van der Waals surface area contributed by atoms with Crippen LogP contribution in [0.3, 0.4) is 0 Å². The predicted octanol–water partition coefficient (Wildman–Crippen LogP) is 15.5. The van der Waals surface area contributed by atoms with Crippen LogP contribution in [0.2, 0.25) is 0 Å². The van der Waals surface area contributed by atoms with Crippen LogP contribution in [0.1, 0.15) is 99.6 Å². The zero-order valence-electron chi connectivity index (χ0n) is 58.9. The van der Waals surface area contributed by atoms with Gasteiger partial charge in [0.1, 0.15) is 11.4 Å². The third-order valence-electron chi connectivity index (χ3n) is 10.9. The third kappa shape index (κ3) is 10.8.